The predicted molar refractivity (Wildman–Crippen MR) is 94.5 cm³/mol. The van der Waals surface area contributed by atoms with Gasteiger partial charge in [-0.25, -0.2) is 10.8 Å². The number of hydrogen-bond donors (Lipinski definition) is 3. The zero-order chi connectivity index (χ0) is 19.3. The second-order valence-electron chi connectivity index (χ2n) is 6.14. The van der Waals surface area contributed by atoms with Gasteiger partial charge in [0.05, 0.1) is 55.6 Å². The van der Waals surface area contributed by atoms with E-state index in [1.54, 1.807) is 26.1 Å². The van der Waals surface area contributed by atoms with Crippen LogP contribution in [0.25, 0.3) is 5.70 Å². The molecule has 1 aromatic rings. The molecule has 1 fully saturated rings. The number of methoxy groups -OCH3 is 1. The molecule has 1 aliphatic rings. The predicted octanol–water partition coefficient (Wildman–Crippen LogP) is -0.228. The fraction of sp³-hybridized carbons (Fsp3) is 0.529. The van der Waals surface area contributed by atoms with Gasteiger partial charge in [0.25, 0.3) is 0 Å². The largest absolute Gasteiger partial charge is 0.486 e. The van der Waals surface area contributed by atoms with E-state index in [4.69, 9.17) is 25.8 Å². The van der Waals surface area contributed by atoms with Crippen LogP contribution in [-0.4, -0.2) is 61.2 Å². The normalized spacial score (nSPS) is 21.0. The summed E-state index contributed by atoms with van der Waals surface area (Å²) < 4.78 is 16.2. The van der Waals surface area contributed by atoms with Crippen molar-refractivity contribution in [3.63, 3.8) is 0 Å². The van der Waals surface area contributed by atoms with Crippen LogP contribution in [0.4, 0.5) is 0 Å². The average Bonchev–Trinajstić information content (AvgIpc) is 2.63. The van der Waals surface area contributed by atoms with Gasteiger partial charge in [-0.3, -0.25) is 4.79 Å². The van der Waals surface area contributed by atoms with Crippen LogP contribution in [0.1, 0.15) is 17.8 Å². The summed E-state index contributed by atoms with van der Waals surface area (Å²) in [6, 6.07) is 3.44. The van der Waals surface area contributed by atoms with Crippen molar-refractivity contribution < 1.29 is 24.1 Å². The molecule has 1 aliphatic heterocycles. The van der Waals surface area contributed by atoms with Gasteiger partial charge in [-0.05, 0) is 19.1 Å². The highest BCUT2D eigenvalue weighted by atomic mass is 16.5. The van der Waals surface area contributed by atoms with Crippen LogP contribution in [0.3, 0.4) is 0 Å². The molecule has 9 heteroatoms. The number of pyridine rings is 1. The number of aryl methyl sites for hydroxylation is 1. The van der Waals surface area contributed by atoms with Crippen molar-refractivity contribution in [1.82, 2.24) is 9.99 Å². The number of carbonyl (C=O) groups excluding carboxylic acids is 1. The Bertz CT molecular complexity index is 677. The van der Waals surface area contributed by atoms with E-state index in [1.807, 2.05) is 0 Å². The number of carbonyl (C=O) groups is 1. The van der Waals surface area contributed by atoms with Gasteiger partial charge in [0.2, 0.25) is 0 Å². The third-order valence-electron chi connectivity index (χ3n) is 4.20. The van der Waals surface area contributed by atoms with Crippen LogP contribution in [0.15, 0.2) is 17.8 Å². The third kappa shape index (κ3) is 4.63. The molecule has 2 unspecified atom stereocenters. The molecule has 1 aromatic heterocycles. The Balaban J connectivity index is 2.14. The SMILES string of the molecule is COC(=O)C1COCC(Oc2ccc(/C(N)=C(\CO)N(C)N)nc2C)C1. The Kier molecular flexibility index (Phi) is 6.78. The number of aliphatic hydroxyl groups is 1. The maximum Gasteiger partial charge on any atom is 0.311 e. The minimum atomic E-state index is -0.336. The van der Waals surface area contributed by atoms with E-state index in [-0.39, 0.29) is 24.6 Å². The molecule has 0 aliphatic carbocycles. The van der Waals surface area contributed by atoms with Gasteiger partial charge in [-0.1, -0.05) is 0 Å². The summed E-state index contributed by atoms with van der Waals surface area (Å²) in [6.45, 7) is 2.22. The van der Waals surface area contributed by atoms with E-state index in [0.717, 1.165) is 0 Å². The van der Waals surface area contributed by atoms with E-state index in [2.05, 4.69) is 4.98 Å². The Morgan fingerprint density at radius 2 is 2.19 bits per heavy atom. The van der Waals surface area contributed by atoms with Crippen molar-refractivity contribution in [3.8, 4) is 5.75 Å². The lowest BCUT2D eigenvalue weighted by Crippen LogP contribution is -2.37. The Morgan fingerprint density at radius 3 is 2.77 bits per heavy atom. The summed E-state index contributed by atoms with van der Waals surface area (Å²) in [4.78, 5) is 16.1. The number of hydrazine groups is 1. The molecule has 2 heterocycles. The van der Waals surface area contributed by atoms with Crippen molar-refractivity contribution in [2.24, 2.45) is 17.5 Å². The van der Waals surface area contributed by atoms with Gasteiger partial charge >= 0.3 is 5.97 Å². The average molecular weight is 366 g/mol. The smallest absolute Gasteiger partial charge is 0.311 e. The summed E-state index contributed by atoms with van der Waals surface area (Å²) in [5.74, 6) is 5.60. The quantitative estimate of drug-likeness (QED) is 0.355. The fourth-order valence-electron chi connectivity index (χ4n) is 2.75. The van der Waals surface area contributed by atoms with E-state index in [1.165, 1.54) is 12.1 Å². The summed E-state index contributed by atoms with van der Waals surface area (Å²) in [7, 11) is 2.94. The maximum atomic E-state index is 11.7. The first-order chi connectivity index (χ1) is 12.4. The zero-order valence-corrected chi connectivity index (χ0v) is 15.3. The highest BCUT2D eigenvalue weighted by Crippen LogP contribution is 2.25. The molecule has 0 saturated carbocycles. The molecular formula is C17H26N4O5. The molecule has 0 amide bonds. The number of hydrogen-bond acceptors (Lipinski definition) is 9. The number of nitrogens with zero attached hydrogens (tertiary/aromatic N) is 2. The molecule has 0 aromatic carbocycles. The van der Waals surface area contributed by atoms with Crippen LogP contribution in [0.5, 0.6) is 5.75 Å². The molecular weight excluding hydrogens is 340 g/mol. The van der Waals surface area contributed by atoms with Crippen molar-refractivity contribution in [3.05, 3.63) is 29.2 Å². The van der Waals surface area contributed by atoms with Gasteiger partial charge in [0, 0.05) is 13.5 Å². The Morgan fingerprint density at radius 1 is 1.46 bits per heavy atom. The number of esters is 1. The van der Waals surface area contributed by atoms with Gasteiger partial charge in [0.15, 0.2) is 0 Å². The molecule has 9 nitrogen and oxygen atoms in total. The molecule has 5 N–H and O–H groups in total. The molecule has 0 radical (unpaired) electrons. The first-order valence-corrected chi connectivity index (χ1v) is 8.25. The zero-order valence-electron chi connectivity index (χ0n) is 15.3. The van der Waals surface area contributed by atoms with Gasteiger partial charge < -0.3 is 30.1 Å². The van der Waals surface area contributed by atoms with Crippen LogP contribution in [-0.2, 0) is 14.3 Å². The molecule has 2 rings (SSSR count). The monoisotopic (exact) mass is 366 g/mol. The minimum absolute atomic E-state index is 0.268. The van der Waals surface area contributed by atoms with Crippen LogP contribution >= 0.6 is 0 Å². The topological polar surface area (TPSA) is 133 Å². The highest BCUT2D eigenvalue weighted by Gasteiger charge is 2.30. The molecule has 26 heavy (non-hydrogen) atoms. The molecule has 144 valence electrons. The van der Waals surface area contributed by atoms with Crippen molar-refractivity contribution >= 4 is 11.7 Å². The molecule has 0 bridgehead atoms. The molecule has 2 atom stereocenters. The first kappa shape index (κ1) is 20.0. The first-order valence-electron chi connectivity index (χ1n) is 8.25. The lowest BCUT2D eigenvalue weighted by molar-refractivity contribution is -0.152. The standard InChI is InChI=1S/C17H26N4O5/c1-10-15(26-12-6-11(8-25-9-12)17(23)24-3)5-4-13(20-10)16(18)14(7-22)21(2)19/h4-5,11-12,22H,6-9,18-19H2,1-3H3/b16-14-. The number of nitrogens with two attached hydrogens (primary N) is 2. The number of rotatable bonds is 6. The summed E-state index contributed by atoms with van der Waals surface area (Å²) in [6.07, 6.45) is 0.248. The van der Waals surface area contributed by atoms with Gasteiger partial charge in [-0.15, -0.1) is 0 Å². The van der Waals surface area contributed by atoms with Crippen molar-refractivity contribution in [2.75, 3.05) is 34.0 Å². The van der Waals surface area contributed by atoms with E-state index in [0.29, 0.717) is 48.2 Å². The van der Waals surface area contributed by atoms with Gasteiger partial charge in [-0.2, -0.15) is 0 Å². The van der Waals surface area contributed by atoms with Crippen LogP contribution in [0, 0.1) is 12.8 Å². The number of ether oxygens (including phenoxy) is 3. The summed E-state index contributed by atoms with van der Waals surface area (Å²) >= 11 is 0. The third-order valence-corrected chi connectivity index (χ3v) is 4.20. The van der Waals surface area contributed by atoms with Gasteiger partial charge in [0.1, 0.15) is 11.9 Å². The lowest BCUT2D eigenvalue weighted by Gasteiger charge is -2.28. The highest BCUT2D eigenvalue weighted by molar-refractivity contribution is 5.72. The van der Waals surface area contributed by atoms with Crippen molar-refractivity contribution in [1.29, 1.82) is 0 Å². The fourth-order valence-corrected chi connectivity index (χ4v) is 2.75. The van der Waals surface area contributed by atoms with E-state index >= 15 is 0 Å². The second kappa shape index (κ2) is 8.84. The number of likely N-dealkylation sites (N-methyl/N-ethyl adjacent to an activating group) is 1. The second-order valence-corrected chi connectivity index (χ2v) is 6.14. The molecule has 1 saturated heterocycles. The Hall–Kier alpha value is -2.36. The minimum Gasteiger partial charge on any atom is -0.486 e. The lowest BCUT2D eigenvalue weighted by atomic mass is 10.0. The van der Waals surface area contributed by atoms with E-state index in [9.17, 15) is 9.90 Å². The summed E-state index contributed by atoms with van der Waals surface area (Å²) in [5, 5.41) is 10.6. The Labute approximate surface area is 152 Å². The van der Waals surface area contributed by atoms with Crippen LogP contribution in [0.2, 0.25) is 0 Å². The number of aliphatic hydroxyl groups excluding tert-OH is 1. The maximum absolute atomic E-state index is 11.7. The van der Waals surface area contributed by atoms with Crippen molar-refractivity contribution in [2.45, 2.75) is 19.4 Å². The number of aromatic nitrogens is 1. The summed E-state index contributed by atoms with van der Waals surface area (Å²) in [5.41, 5.74) is 7.82. The molecule has 0 spiro atoms. The van der Waals surface area contributed by atoms with Crippen LogP contribution < -0.4 is 16.3 Å². The van der Waals surface area contributed by atoms with E-state index < -0.39 is 0 Å².